The molecule has 4 nitrogen and oxygen atoms in total. The van der Waals surface area contributed by atoms with Crippen molar-refractivity contribution < 1.29 is 4.74 Å². The van der Waals surface area contributed by atoms with E-state index >= 15 is 0 Å². The zero-order valence-corrected chi connectivity index (χ0v) is 21.3. The number of pyridine rings is 1. The predicted molar refractivity (Wildman–Crippen MR) is 141 cm³/mol. The number of ether oxygens (including phenoxy) is 1. The van der Waals surface area contributed by atoms with Crippen molar-refractivity contribution in [3.8, 4) is 17.0 Å². The van der Waals surface area contributed by atoms with Crippen LogP contribution in [-0.2, 0) is 12.0 Å². The van der Waals surface area contributed by atoms with Crippen molar-refractivity contribution >= 4 is 28.9 Å². The molecule has 3 heterocycles. The summed E-state index contributed by atoms with van der Waals surface area (Å²) in [5, 5.41) is 4.96. The second-order valence-corrected chi connectivity index (χ2v) is 10.0. The maximum Gasteiger partial charge on any atom is 0.128 e. The molecule has 5 rings (SSSR count). The molecule has 2 atom stereocenters. The van der Waals surface area contributed by atoms with E-state index in [1.165, 1.54) is 5.56 Å². The quantitative estimate of drug-likeness (QED) is 0.425. The summed E-state index contributed by atoms with van der Waals surface area (Å²) in [6, 6.07) is 18.6. The number of benzene rings is 2. The molecule has 3 aromatic rings. The lowest BCUT2D eigenvalue weighted by atomic mass is 9.63. The third-order valence-corrected chi connectivity index (χ3v) is 8.33. The van der Waals surface area contributed by atoms with E-state index in [4.69, 9.17) is 32.9 Å². The lowest BCUT2D eigenvalue weighted by Gasteiger charge is -2.51. The van der Waals surface area contributed by atoms with Crippen LogP contribution in [0.15, 0.2) is 54.6 Å². The molecule has 1 spiro atoms. The van der Waals surface area contributed by atoms with Gasteiger partial charge < -0.3 is 15.0 Å². The number of nitrogens with one attached hydrogen (secondary N) is 1. The highest BCUT2D eigenvalue weighted by Gasteiger charge is 2.46. The van der Waals surface area contributed by atoms with Crippen molar-refractivity contribution in [1.29, 1.82) is 0 Å². The number of nitrogens with zero attached hydrogens (tertiary/aromatic N) is 2. The van der Waals surface area contributed by atoms with Crippen molar-refractivity contribution in [1.82, 2.24) is 10.3 Å². The molecule has 2 aliphatic rings. The fraction of sp³-hybridized carbons (Fsp3) is 0.393. The van der Waals surface area contributed by atoms with Gasteiger partial charge in [-0.15, -0.1) is 0 Å². The highest BCUT2D eigenvalue weighted by molar-refractivity contribution is 6.43. The number of hydrogen-bond acceptors (Lipinski definition) is 4. The summed E-state index contributed by atoms with van der Waals surface area (Å²) in [7, 11) is 0. The summed E-state index contributed by atoms with van der Waals surface area (Å²) >= 11 is 12.9. The van der Waals surface area contributed by atoms with Gasteiger partial charge in [-0.05, 0) is 55.2 Å². The first-order valence-corrected chi connectivity index (χ1v) is 12.9. The van der Waals surface area contributed by atoms with Crippen LogP contribution in [0.2, 0.25) is 10.0 Å². The zero-order valence-electron chi connectivity index (χ0n) is 19.8. The molecule has 0 aliphatic carbocycles. The van der Waals surface area contributed by atoms with E-state index < -0.39 is 0 Å². The van der Waals surface area contributed by atoms with E-state index in [1.807, 2.05) is 37.3 Å². The average molecular weight is 496 g/mol. The van der Waals surface area contributed by atoms with Gasteiger partial charge in [-0.25, -0.2) is 0 Å². The van der Waals surface area contributed by atoms with Crippen LogP contribution in [0, 0.1) is 5.92 Å². The van der Waals surface area contributed by atoms with Gasteiger partial charge in [0.15, 0.2) is 0 Å². The molecular weight excluding hydrogens is 465 g/mol. The lowest BCUT2D eigenvalue weighted by molar-refractivity contribution is 0.192. The van der Waals surface area contributed by atoms with Crippen molar-refractivity contribution in [3.05, 3.63) is 75.9 Å². The van der Waals surface area contributed by atoms with E-state index in [9.17, 15) is 0 Å². The van der Waals surface area contributed by atoms with Crippen LogP contribution in [-0.4, -0.2) is 31.2 Å². The van der Waals surface area contributed by atoms with Crippen LogP contribution in [0.1, 0.15) is 37.9 Å². The molecule has 2 unspecified atom stereocenters. The maximum atomic E-state index is 6.58. The number of fused-ring (bicyclic) bond motifs is 2. The Balaban J connectivity index is 1.49. The summed E-state index contributed by atoms with van der Waals surface area (Å²) in [5.41, 5.74) is 5.67. The van der Waals surface area contributed by atoms with Crippen molar-refractivity contribution in [2.75, 3.05) is 31.1 Å². The third-order valence-electron chi connectivity index (χ3n) is 7.52. The Morgan fingerprint density at radius 2 is 1.94 bits per heavy atom. The lowest BCUT2D eigenvalue weighted by Crippen LogP contribution is -2.56. The summed E-state index contributed by atoms with van der Waals surface area (Å²) in [6.45, 7) is 8.60. The molecule has 0 amide bonds. The molecule has 1 saturated heterocycles. The summed E-state index contributed by atoms with van der Waals surface area (Å²) in [5.74, 6) is 1.36. The minimum atomic E-state index is 0.0643. The van der Waals surface area contributed by atoms with Crippen molar-refractivity contribution in [2.24, 2.45) is 5.92 Å². The highest BCUT2D eigenvalue weighted by atomic mass is 35.5. The Morgan fingerprint density at radius 1 is 1.09 bits per heavy atom. The second-order valence-electron chi connectivity index (χ2n) is 9.25. The molecule has 0 saturated carbocycles. The molecule has 2 aliphatic heterocycles. The Bertz CT molecular complexity index is 1180. The van der Waals surface area contributed by atoms with E-state index in [-0.39, 0.29) is 5.41 Å². The average Bonchev–Trinajstić information content (AvgIpc) is 2.87. The zero-order chi connectivity index (χ0) is 23.7. The van der Waals surface area contributed by atoms with E-state index in [2.05, 4.69) is 41.4 Å². The molecule has 0 bridgehead atoms. The fourth-order valence-corrected chi connectivity index (χ4v) is 6.25. The number of para-hydroxylation sites is 1. The first kappa shape index (κ1) is 23.5. The van der Waals surface area contributed by atoms with Crippen molar-refractivity contribution in [3.63, 3.8) is 0 Å². The first-order valence-electron chi connectivity index (χ1n) is 12.2. The number of hydrogen-bond donors (Lipinski definition) is 1. The number of piperidine rings is 1. The molecule has 1 fully saturated rings. The molecule has 1 aromatic heterocycles. The van der Waals surface area contributed by atoms with E-state index in [0.717, 1.165) is 67.4 Å². The molecule has 0 radical (unpaired) electrons. The molecule has 2 aromatic carbocycles. The van der Waals surface area contributed by atoms with Crippen molar-refractivity contribution in [2.45, 2.75) is 38.6 Å². The topological polar surface area (TPSA) is 37.4 Å². The van der Waals surface area contributed by atoms with E-state index in [1.54, 1.807) is 0 Å². The maximum absolute atomic E-state index is 6.58. The Labute approximate surface area is 212 Å². The second kappa shape index (κ2) is 9.77. The standard InChI is InChI=1S/C28H31Cl2N3O/c1-3-19-17-33(25-10-7-9-22(29)27(25)30)15-14-28(19)18-31-16-24-21(28)12-13-23(32-24)20-8-5-6-11-26(20)34-4-2/h5-13,19,31H,3-4,14-18H2,1-2H3. The van der Waals surface area contributed by atoms with Gasteiger partial charge in [0.2, 0.25) is 0 Å². The van der Waals surface area contributed by atoms with Gasteiger partial charge in [0.1, 0.15) is 5.75 Å². The van der Waals surface area contributed by atoms with Gasteiger partial charge in [-0.2, -0.15) is 0 Å². The molecular formula is C28H31Cl2N3O. The number of rotatable bonds is 5. The third kappa shape index (κ3) is 4.06. The SMILES string of the molecule is CCOc1ccccc1-c1ccc2c(n1)CNCC21CCN(c2cccc(Cl)c2Cl)CC1CC. The number of anilines is 1. The largest absolute Gasteiger partial charge is 0.493 e. The summed E-state index contributed by atoms with van der Waals surface area (Å²) in [4.78, 5) is 7.56. The van der Waals surface area contributed by atoms with Crippen LogP contribution in [0.3, 0.4) is 0 Å². The van der Waals surface area contributed by atoms with Crippen LogP contribution in [0.4, 0.5) is 5.69 Å². The van der Waals surface area contributed by atoms with Crippen LogP contribution >= 0.6 is 23.2 Å². The molecule has 6 heteroatoms. The van der Waals surface area contributed by atoms with Crippen LogP contribution < -0.4 is 15.0 Å². The summed E-state index contributed by atoms with van der Waals surface area (Å²) in [6.07, 6.45) is 2.13. The molecule has 34 heavy (non-hydrogen) atoms. The fourth-order valence-electron chi connectivity index (χ4n) is 5.83. The number of halogens is 2. The van der Waals surface area contributed by atoms with Gasteiger partial charge in [0.25, 0.3) is 0 Å². The summed E-state index contributed by atoms with van der Waals surface area (Å²) < 4.78 is 5.87. The Kier molecular flexibility index (Phi) is 6.74. The van der Waals surface area contributed by atoms with E-state index in [0.29, 0.717) is 22.6 Å². The first-order chi connectivity index (χ1) is 16.6. The van der Waals surface area contributed by atoms with Crippen LogP contribution in [0.25, 0.3) is 11.3 Å². The van der Waals surface area contributed by atoms with Crippen LogP contribution in [0.5, 0.6) is 5.75 Å². The molecule has 1 N–H and O–H groups in total. The minimum Gasteiger partial charge on any atom is -0.493 e. The highest BCUT2D eigenvalue weighted by Crippen LogP contribution is 2.46. The number of aromatic nitrogens is 1. The Morgan fingerprint density at radius 3 is 2.76 bits per heavy atom. The smallest absolute Gasteiger partial charge is 0.128 e. The Hall–Kier alpha value is -2.27. The van der Waals surface area contributed by atoms with Gasteiger partial charge >= 0.3 is 0 Å². The monoisotopic (exact) mass is 495 g/mol. The predicted octanol–water partition coefficient (Wildman–Crippen LogP) is 6.73. The van der Waals surface area contributed by atoms with Gasteiger partial charge in [-0.3, -0.25) is 4.98 Å². The van der Waals surface area contributed by atoms with Gasteiger partial charge in [0.05, 0.1) is 33.7 Å². The molecule has 178 valence electrons. The van der Waals surface area contributed by atoms with Gasteiger partial charge in [-0.1, -0.05) is 60.8 Å². The normalized spacial score (nSPS) is 22.0. The minimum absolute atomic E-state index is 0.0643. The van der Waals surface area contributed by atoms with Gasteiger partial charge in [0, 0.05) is 37.2 Å².